The Balaban J connectivity index is 2.36. The Labute approximate surface area is 103 Å². The number of hydrogen-bond acceptors (Lipinski definition) is 5. The molecule has 0 fully saturated rings. The molecule has 16 heavy (non-hydrogen) atoms. The van der Waals surface area contributed by atoms with E-state index in [-0.39, 0.29) is 11.5 Å². The molecule has 0 aliphatic rings. The van der Waals surface area contributed by atoms with Crippen LogP contribution in [0.2, 0.25) is 0 Å². The molecule has 0 saturated carbocycles. The SMILES string of the molecule is O=[N+]([O-])c1cc(Br)cnc1Nc1ccsc1. The molecule has 2 rings (SSSR count). The van der Waals surface area contributed by atoms with Crippen molar-refractivity contribution >= 4 is 44.5 Å². The molecule has 7 heteroatoms. The summed E-state index contributed by atoms with van der Waals surface area (Å²) in [4.78, 5) is 14.3. The van der Waals surface area contributed by atoms with Crippen molar-refractivity contribution < 1.29 is 4.92 Å². The van der Waals surface area contributed by atoms with Gasteiger partial charge < -0.3 is 5.32 Å². The minimum atomic E-state index is -0.466. The Bertz CT molecular complexity index is 515. The highest BCUT2D eigenvalue weighted by Gasteiger charge is 2.15. The van der Waals surface area contributed by atoms with E-state index < -0.39 is 4.92 Å². The summed E-state index contributed by atoms with van der Waals surface area (Å²) in [7, 11) is 0. The van der Waals surface area contributed by atoms with E-state index in [0.717, 1.165) is 5.69 Å². The summed E-state index contributed by atoms with van der Waals surface area (Å²) in [5.41, 5.74) is 0.739. The molecule has 0 unspecified atom stereocenters. The van der Waals surface area contributed by atoms with Crippen molar-refractivity contribution in [3.05, 3.63) is 43.7 Å². The Kier molecular flexibility index (Phi) is 3.16. The monoisotopic (exact) mass is 299 g/mol. The van der Waals surface area contributed by atoms with Gasteiger partial charge in [0.1, 0.15) is 0 Å². The molecule has 0 amide bonds. The molecule has 2 aromatic rings. The van der Waals surface area contributed by atoms with Gasteiger partial charge in [-0.2, -0.15) is 11.3 Å². The first kappa shape index (κ1) is 11.0. The predicted octanol–water partition coefficient (Wildman–Crippen LogP) is 3.56. The van der Waals surface area contributed by atoms with E-state index in [1.165, 1.54) is 23.6 Å². The normalized spacial score (nSPS) is 10.1. The lowest BCUT2D eigenvalue weighted by Gasteiger charge is -2.03. The molecule has 0 saturated heterocycles. The summed E-state index contributed by atoms with van der Waals surface area (Å²) in [6.07, 6.45) is 1.52. The maximum atomic E-state index is 10.8. The number of nitrogens with one attached hydrogen (secondary N) is 1. The quantitative estimate of drug-likeness (QED) is 0.695. The van der Waals surface area contributed by atoms with Crippen LogP contribution in [0.5, 0.6) is 0 Å². The van der Waals surface area contributed by atoms with Crippen molar-refractivity contribution in [2.45, 2.75) is 0 Å². The maximum absolute atomic E-state index is 10.8. The number of thiophene rings is 1. The van der Waals surface area contributed by atoms with Gasteiger partial charge in [0.05, 0.1) is 10.6 Å². The first-order valence-electron chi connectivity index (χ1n) is 4.26. The van der Waals surface area contributed by atoms with Crippen LogP contribution in [0.4, 0.5) is 17.2 Å². The number of pyridine rings is 1. The van der Waals surface area contributed by atoms with E-state index >= 15 is 0 Å². The standard InChI is InChI=1S/C9H6BrN3O2S/c10-6-3-8(13(14)15)9(11-4-6)12-7-1-2-16-5-7/h1-5H,(H,11,12). The summed E-state index contributed by atoms with van der Waals surface area (Å²) in [6.45, 7) is 0. The minimum Gasteiger partial charge on any atom is -0.334 e. The summed E-state index contributed by atoms with van der Waals surface area (Å²) < 4.78 is 0.579. The lowest BCUT2D eigenvalue weighted by molar-refractivity contribution is -0.384. The summed E-state index contributed by atoms with van der Waals surface area (Å²) in [5, 5.41) is 17.4. The van der Waals surface area contributed by atoms with Crippen LogP contribution < -0.4 is 5.32 Å². The molecule has 0 spiro atoms. The number of nitro groups is 1. The Hall–Kier alpha value is -1.47. The van der Waals surface area contributed by atoms with Crippen molar-refractivity contribution in [1.29, 1.82) is 0 Å². The van der Waals surface area contributed by atoms with Gasteiger partial charge in [0.25, 0.3) is 0 Å². The van der Waals surface area contributed by atoms with Gasteiger partial charge in [-0.05, 0) is 27.4 Å². The zero-order valence-electron chi connectivity index (χ0n) is 7.88. The molecule has 1 N–H and O–H groups in total. The highest BCUT2D eigenvalue weighted by Crippen LogP contribution is 2.28. The summed E-state index contributed by atoms with van der Waals surface area (Å²) >= 11 is 4.66. The van der Waals surface area contributed by atoms with Crippen LogP contribution in [0.25, 0.3) is 0 Å². The number of aromatic nitrogens is 1. The topological polar surface area (TPSA) is 68.1 Å². The highest BCUT2D eigenvalue weighted by atomic mass is 79.9. The molecule has 5 nitrogen and oxygen atoms in total. The molecule has 0 aliphatic heterocycles. The average molecular weight is 300 g/mol. The van der Waals surface area contributed by atoms with Crippen LogP contribution in [-0.4, -0.2) is 9.91 Å². The van der Waals surface area contributed by atoms with Crippen molar-refractivity contribution in [1.82, 2.24) is 4.98 Å². The maximum Gasteiger partial charge on any atom is 0.312 e. The number of rotatable bonds is 3. The Morgan fingerprint density at radius 1 is 1.56 bits per heavy atom. The van der Waals surface area contributed by atoms with Crippen molar-refractivity contribution in [2.75, 3.05) is 5.32 Å². The van der Waals surface area contributed by atoms with Gasteiger partial charge in [-0.3, -0.25) is 10.1 Å². The van der Waals surface area contributed by atoms with E-state index in [1.807, 2.05) is 16.8 Å². The summed E-state index contributed by atoms with van der Waals surface area (Å²) in [5.74, 6) is 0.242. The molecule has 0 aliphatic carbocycles. The number of halogens is 1. The van der Waals surface area contributed by atoms with E-state index in [1.54, 1.807) is 0 Å². The third-order valence-corrected chi connectivity index (χ3v) is 2.93. The minimum absolute atomic E-state index is 0.0550. The lowest BCUT2D eigenvalue weighted by atomic mass is 10.4. The van der Waals surface area contributed by atoms with Gasteiger partial charge in [0.2, 0.25) is 5.82 Å². The largest absolute Gasteiger partial charge is 0.334 e. The van der Waals surface area contributed by atoms with Gasteiger partial charge in [-0.15, -0.1) is 0 Å². The van der Waals surface area contributed by atoms with Crippen LogP contribution in [-0.2, 0) is 0 Å². The van der Waals surface area contributed by atoms with E-state index in [9.17, 15) is 10.1 Å². The molecular formula is C9H6BrN3O2S. The third-order valence-electron chi connectivity index (χ3n) is 1.81. The van der Waals surface area contributed by atoms with Gasteiger partial charge in [0, 0.05) is 22.1 Å². The zero-order chi connectivity index (χ0) is 11.5. The highest BCUT2D eigenvalue weighted by molar-refractivity contribution is 9.10. The summed E-state index contributed by atoms with van der Waals surface area (Å²) in [6, 6.07) is 3.25. The molecule has 2 heterocycles. The van der Waals surface area contributed by atoms with E-state index in [2.05, 4.69) is 26.2 Å². The van der Waals surface area contributed by atoms with Crippen molar-refractivity contribution in [3.8, 4) is 0 Å². The van der Waals surface area contributed by atoms with Gasteiger partial charge in [-0.25, -0.2) is 4.98 Å². The predicted molar refractivity (Wildman–Crippen MR) is 66.2 cm³/mol. The Morgan fingerprint density at radius 2 is 2.38 bits per heavy atom. The Morgan fingerprint density at radius 3 is 3.00 bits per heavy atom. The number of nitrogens with zero attached hydrogens (tertiary/aromatic N) is 2. The van der Waals surface area contributed by atoms with Crippen LogP contribution in [0.3, 0.4) is 0 Å². The second-order valence-electron chi connectivity index (χ2n) is 2.92. The number of hydrogen-bond donors (Lipinski definition) is 1. The van der Waals surface area contributed by atoms with Crippen LogP contribution in [0.1, 0.15) is 0 Å². The zero-order valence-corrected chi connectivity index (χ0v) is 10.3. The van der Waals surface area contributed by atoms with E-state index in [4.69, 9.17) is 0 Å². The second-order valence-corrected chi connectivity index (χ2v) is 4.61. The molecule has 0 aromatic carbocycles. The molecule has 0 atom stereocenters. The van der Waals surface area contributed by atoms with Crippen molar-refractivity contribution in [2.24, 2.45) is 0 Å². The number of anilines is 2. The van der Waals surface area contributed by atoms with Gasteiger partial charge in [-0.1, -0.05) is 0 Å². The third kappa shape index (κ3) is 2.37. The fourth-order valence-corrected chi connectivity index (χ4v) is 2.04. The lowest BCUT2D eigenvalue weighted by Crippen LogP contribution is -1.98. The van der Waals surface area contributed by atoms with Crippen LogP contribution >= 0.6 is 27.3 Å². The van der Waals surface area contributed by atoms with Gasteiger partial charge in [0.15, 0.2) is 0 Å². The molecule has 82 valence electrons. The second kappa shape index (κ2) is 4.58. The van der Waals surface area contributed by atoms with Crippen LogP contribution in [0, 0.1) is 10.1 Å². The average Bonchev–Trinajstić information content (AvgIpc) is 2.73. The van der Waals surface area contributed by atoms with E-state index in [0.29, 0.717) is 4.47 Å². The molecular weight excluding hydrogens is 294 g/mol. The first-order valence-corrected chi connectivity index (χ1v) is 5.99. The van der Waals surface area contributed by atoms with Crippen LogP contribution in [0.15, 0.2) is 33.6 Å². The fourth-order valence-electron chi connectivity index (χ4n) is 1.14. The van der Waals surface area contributed by atoms with Crippen molar-refractivity contribution in [3.63, 3.8) is 0 Å². The first-order chi connectivity index (χ1) is 7.66. The van der Waals surface area contributed by atoms with Gasteiger partial charge >= 0.3 is 5.69 Å². The molecule has 0 radical (unpaired) electrons. The smallest absolute Gasteiger partial charge is 0.312 e. The molecule has 2 aromatic heterocycles. The fraction of sp³-hybridized carbons (Fsp3) is 0. The molecule has 0 bridgehead atoms.